The number of nitrogens with zero attached hydrogens (tertiary/aromatic N) is 4. The van der Waals surface area contributed by atoms with E-state index in [1.807, 2.05) is 12.3 Å². The predicted molar refractivity (Wildman–Crippen MR) is 105 cm³/mol. The Morgan fingerprint density at radius 3 is 3.07 bits per heavy atom. The number of likely N-dealkylation sites (tertiary alicyclic amines) is 2. The van der Waals surface area contributed by atoms with Gasteiger partial charge in [0.2, 0.25) is 5.91 Å². The Kier molecular flexibility index (Phi) is 4.95. The largest absolute Gasteiger partial charge is 0.380 e. The minimum Gasteiger partial charge on any atom is -0.380 e. The summed E-state index contributed by atoms with van der Waals surface area (Å²) in [4.78, 5) is 21.0. The summed E-state index contributed by atoms with van der Waals surface area (Å²) in [7, 11) is 0. The highest BCUT2D eigenvalue weighted by Gasteiger charge is 2.31. The fourth-order valence-electron chi connectivity index (χ4n) is 4.23. The molecule has 27 heavy (non-hydrogen) atoms. The van der Waals surface area contributed by atoms with E-state index in [1.165, 1.54) is 5.56 Å². The summed E-state index contributed by atoms with van der Waals surface area (Å²) in [6.07, 6.45) is 4.56. The normalized spacial score (nSPS) is 22.9. The number of carbonyl (C=O) groups is 1. The van der Waals surface area contributed by atoms with Crippen molar-refractivity contribution in [2.24, 2.45) is 0 Å². The Morgan fingerprint density at radius 2 is 2.22 bits per heavy atom. The van der Waals surface area contributed by atoms with Crippen molar-refractivity contribution < 1.29 is 4.79 Å². The van der Waals surface area contributed by atoms with Crippen LogP contribution in [0.1, 0.15) is 24.8 Å². The van der Waals surface area contributed by atoms with Crippen LogP contribution >= 0.6 is 0 Å². The number of pyridine rings is 1. The van der Waals surface area contributed by atoms with Gasteiger partial charge in [0.15, 0.2) is 0 Å². The first-order valence-corrected chi connectivity index (χ1v) is 9.68. The quantitative estimate of drug-likeness (QED) is 0.904. The average Bonchev–Trinajstić information content (AvgIpc) is 3.33. The number of nitrogens with one attached hydrogen (secondary N) is 1. The number of hydrogen-bond acceptors (Lipinski definition) is 5. The first kappa shape index (κ1) is 17.7. The SMILES string of the molecule is Cc1ccc2ncccc2c1N[C@H]1CCN(CC(=O)N2CCC[C@H]2C#N)C1. The Morgan fingerprint density at radius 1 is 1.33 bits per heavy atom. The molecule has 0 saturated carbocycles. The van der Waals surface area contributed by atoms with Crippen LogP contribution in [0.4, 0.5) is 5.69 Å². The van der Waals surface area contributed by atoms with Gasteiger partial charge >= 0.3 is 0 Å². The lowest BCUT2D eigenvalue weighted by Crippen LogP contribution is -2.42. The number of rotatable bonds is 4. The van der Waals surface area contributed by atoms with Crippen LogP contribution in [0.15, 0.2) is 30.5 Å². The van der Waals surface area contributed by atoms with Gasteiger partial charge in [-0.2, -0.15) is 5.26 Å². The molecule has 2 aliphatic rings. The third kappa shape index (κ3) is 3.60. The van der Waals surface area contributed by atoms with Crippen molar-refractivity contribution in [1.29, 1.82) is 5.26 Å². The summed E-state index contributed by atoms with van der Waals surface area (Å²) < 4.78 is 0. The van der Waals surface area contributed by atoms with Crippen LogP contribution in [-0.4, -0.2) is 59.0 Å². The van der Waals surface area contributed by atoms with Gasteiger partial charge in [-0.3, -0.25) is 14.7 Å². The molecule has 1 amide bonds. The number of anilines is 1. The number of benzene rings is 1. The van der Waals surface area contributed by atoms with Crippen LogP contribution in [0.5, 0.6) is 0 Å². The topological polar surface area (TPSA) is 72.3 Å². The highest BCUT2D eigenvalue weighted by molar-refractivity contribution is 5.93. The van der Waals surface area contributed by atoms with E-state index < -0.39 is 0 Å². The maximum Gasteiger partial charge on any atom is 0.237 e. The molecule has 0 spiro atoms. The molecule has 2 aromatic rings. The van der Waals surface area contributed by atoms with E-state index in [4.69, 9.17) is 0 Å². The molecule has 2 fully saturated rings. The Balaban J connectivity index is 1.40. The molecule has 1 N–H and O–H groups in total. The standard InChI is InChI=1S/C21H25N5O/c1-15-6-7-19-18(5-2-9-23-19)21(15)24-16-8-11-25(13-16)14-20(27)26-10-3-4-17(26)12-22/h2,5-7,9,16-17,24H,3-4,8,10-11,13-14H2,1H3/t16-,17-/m0/s1. The fourth-order valence-corrected chi connectivity index (χ4v) is 4.23. The molecule has 6 heteroatoms. The van der Waals surface area contributed by atoms with E-state index in [1.54, 1.807) is 4.90 Å². The van der Waals surface area contributed by atoms with E-state index in [9.17, 15) is 10.1 Å². The molecule has 140 valence electrons. The monoisotopic (exact) mass is 363 g/mol. The zero-order chi connectivity index (χ0) is 18.8. The minimum atomic E-state index is -0.236. The highest BCUT2D eigenvalue weighted by Crippen LogP contribution is 2.28. The number of aryl methyl sites for hydroxylation is 1. The van der Waals surface area contributed by atoms with Crippen molar-refractivity contribution in [3.63, 3.8) is 0 Å². The number of carbonyl (C=O) groups excluding carboxylic acids is 1. The van der Waals surface area contributed by atoms with Crippen molar-refractivity contribution >= 4 is 22.5 Å². The second kappa shape index (κ2) is 7.53. The van der Waals surface area contributed by atoms with Crippen LogP contribution in [0.3, 0.4) is 0 Å². The minimum absolute atomic E-state index is 0.0882. The first-order valence-electron chi connectivity index (χ1n) is 9.68. The van der Waals surface area contributed by atoms with Gasteiger partial charge in [0.25, 0.3) is 0 Å². The molecule has 4 rings (SSSR count). The van der Waals surface area contributed by atoms with Crippen molar-refractivity contribution in [1.82, 2.24) is 14.8 Å². The average molecular weight is 363 g/mol. The Bertz CT molecular complexity index is 890. The van der Waals surface area contributed by atoms with Crippen LogP contribution in [-0.2, 0) is 4.79 Å². The summed E-state index contributed by atoms with van der Waals surface area (Å²) >= 11 is 0. The number of aromatic nitrogens is 1. The lowest BCUT2D eigenvalue weighted by Gasteiger charge is -2.23. The number of fused-ring (bicyclic) bond motifs is 1. The Hall–Kier alpha value is -2.65. The molecule has 1 aromatic carbocycles. The summed E-state index contributed by atoms with van der Waals surface area (Å²) in [6, 6.07) is 10.5. The predicted octanol–water partition coefficient (Wildman–Crippen LogP) is 2.54. The molecule has 2 atom stereocenters. The third-order valence-corrected chi connectivity index (χ3v) is 5.70. The van der Waals surface area contributed by atoms with E-state index in [2.05, 4.69) is 46.4 Å². The highest BCUT2D eigenvalue weighted by atomic mass is 16.2. The summed E-state index contributed by atoms with van der Waals surface area (Å²) in [6.45, 7) is 4.98. The number of hydrogen-bond donors (Lipinski definition) is 1. The molecular weight excluding hydrogens is 338 g/mol. The van der Waals surface area contributed by atoms with Gasteiger partial charge in [0, 0.05) is 42.9 Å². The maximum atomic E-state index is 12.6. The van der Waals surface area contributed by atoms with Crippen LogP contribution < -0.4 is 5.32 Å². The van der Waals surface area contributed by atoms with Gasteiger partial charge in [-0.25, -0.2) is 0 Å². The van der Waals surface area contributed by atoms with Crippen LogP contribution in [0.2, 0.25) is 0 Å². The lowest BCUT2D eigenvalue weighted by molar-refractivity contribution is -0.132. The van der Waals surface area contributed by atoms with Gasteiger partial charge < -0.3 is 10.2 Å². The van der Waals surface area contributed by atoms with Crippen LogP contribution in [0, 0.1) is 18.3 Å². The fraction of sp³-hybridized carbons (Fsp3) is 0.476. The Labute approximate surface area is 159 Å². The van der Waals surface area contributed by atoms with Gasteiger partial charge in [-0.1, -0.05) is 6.07 Å². The molecule has 0 aliphatic carbocycles. The second-order valence-electron chi connectivity index (χ2n) is 7.57. The van der Waals surface area contributed by atoms with Crippen molar-refractivity contribution in [3.8, 4) is 6.07 Å². The number of nitriles is 1. The smallest absolute Gasteiger partial charge is 0.237 e. The summed E-state index contributed by atoms with van der Waals surface area (Å²) in [5.41, 5.74) is 3.34. The molecule has 2 aliphatic heterocycles. The third-order valence-electron chi connectivity index (χ3n) is 5.70. The molecule has 3 heterocycles. The van der Waals surface area contributed by atoms with Crippen LogP contribution in [0.25, 0.3) is 10.9 Å². The molecule has 0 bridgehead atoms. The van der Waals surface area contributed by atoms with Gasteiger partial charge in [0.05, 0.1) is 18.1 Å². The molecular formula is C21H25N5O. The van der Waals surface area contributed by atoms with Crippen molar-refractivity contribution in [2.75, 3.05) is 31.5 Å². The van der Waals surface area contributed by atoms with Crippen molar-refractivity contribution in [2.45, 2.75) is 38.3 Å². The zero-order valence-corrected chi connectivity index (χ0v) is 15.7. The van der Waals surface area contributed by atoms with Crippen molar-refractivity contribution in [3.05, 3.63) is 36.0 Å². The molecule has 2 saturated heterocycles. The summed E-state index contributed by atoms with van der Waals surface area (Å²) in [5.74, 6) is 0.0882. The molecule has 6 nitrogen and oxygen atoms in total. The lowest BCUT2D eigenvalue weighted by atomic mass is 10.1. The molecule has 0 radical (unpaired) electrons. The number of amides is 1. The van der Waals surface area contributed by atoms with Gasteiger partial charge in [-0.05, 0) is 49.9 Å². The maximum absolute atomic E-state index is 12.6. The molecule has 1 aromatic heterocycles. The van der Waals surface area contributed by atoms with E-state index in [0.717, 1.165) is 55.5 Å². The van der Waals surface area contributed by atoms with Gasteiger partial charge in [-0.15, -0.1) is 0 Å². The van der Waals surface area contributed by atoms with Gasteiger partial charge in [0.1, 0.15) is 6.04 Å². The summed E-state index contributed by atoms with van der Waals surface area (Å²) in [5, 5.41) is 14.0. The molecule has 0 unspecified atom stereocenters. The first-order chi connectivity index (χ1) is 13.2. The second-order valence-corrected chi connectivity index (χ2v) is 7.57. The van der Waals surface area contributed by atoms with E-state index in [0.29, 0.717) is 12.6 Å². The zero-order valence-electron chi connectivity index (χ0n) is 15.7. The van der Waals surface area contributed by atoms with E-state index >= 15 is 0 Å². The van der Waals surface area contributed by atoms with E-state index in [-0.39, 0.29) is 11.9 Å².